The molecule has 1 aliphatic rings. The third kappa shape index (κ3) is 4.44. The second kappa shape index (κ2) is 9.26. The van der Waals surface area contributed by atoms with Crippen LogP contribution in [-0.4, -0.2) is 39.2 Å². The molecule has 2 aromatic heterocycles. The van der Waals surface area contributed by atoms with Gasteiger partial charge in [0, 0.05) is 36.7 Å². The van der Waals surface area contributed by atoms with Crippen molar-refractivity contribution in [2.45, 2.75) is 24.9 Å². The standard InChI is InChI=1S/C23H23FN4O2S/c1-30-20(29)8-5-15-28-22(21(26-23(28)31)18-6-2-3-13-25-18)19-7-4-14-27(19)17-11-9-16(24)10-12-17/h2-4,6-7,9-14,21-22H,5,8,15H2,1H3,(H,26,31)/t21-,22-/m0/s1. The molecule has 8 heteroatoms. The zero-order valence-electron chi connectivity index (χ0n) is 17.1. The highest BCUT2D eigenvalue weighted by Crippen LogP contribution is 2.39. The van der Waals surface area contributed by atoms with Crippen LogP contribution in [0.1, 0.15) is 36.3 Å². The van der Waals surface area contributed by atoms with Crippen molar-refractivity contribution in [2.75, 3.05) is 13.7 Å². The number of hydrogen-bond acceptors (Lipinski definition) is 4. The lowest BCUT2D eigenvalue weighted by Gasteiger charge is -2.29. The Hall–Kier alpha value is -3.26. The summed E-state index contributed by atoms with van der Waals surface area (Å²) in [5.41, 5.74) is 2.72. The van der Waals surface area contributed by atoms with E-state index in [2.05, 4.69) is 15.2 Å². The molecule has 0 aliphatic carbocycles. The van der Waals surface area contributed by atoms with Gasteiger partial charge in [0.25, 0.3) is 0 Å². The lowest BCUT2D eigenvalue weighted by molar-refractivity contribution is -0.140. The number of aromatic nitrogens is 2. The maximum absolute atomic E-state index is 13.5. The molecular formula is C23H23FN4O2S. The normalized spacial score (nSPS) is 18.1. The van der Waals surface area contributed by atoms with Crippen LogP contribution in [0.4, 0.5) is 4.39 Å². The van der Waals surface area contributed by atoms with Gasteiger partial charge in [0.1, 0.15) is 5.82 Å². The maximum Gasteiger partial charge on any atom is 0.305 e. The number of carbonyl (C=O) groups is 1. The second-order valence-corrected chi connectivity index (χ2v) is 7.67. The highest BCUT2D eigenvalue weighted by Gasteiger charge is 2.41. The summed E-state index contributed by atoms with van der Waals surface area (Å²) in [5, 5.41) is 4.01. The van der Waals surface area contributed by atoms with Gasteiger partial charge in [0.05, 0.1) is 24.9 Å². The predicted molar refractivity (Wildman–Crippen MR) is 119 cm³/mol. The number of ether oxygens (including phenoxy) is 1. The number of thiocarbonyl (C=S) groups is 1. The van der Waals surface area contributed by atoms with Crippen LogP contribution in [0.5, 0.6) is 0 Å². The number of methoxy groups -OCH3 is 1. The van der Waals surface area contributed by atoms with Crippen LogP contribution in [0.3, 0.4) is 0 Å². The molecule has 0 amide bonds. The molecule has 3 aromatic rings. The monoisotopic (exact) mass is 438 g/mol. The van der Waals surface area contributed by atoms with Gasteiger partial charge in [-0.25, -0.2) is 4.39 Å². The van der Waals surface area contributed by atoms with Gasteiger partial charge in [-0.3, -0.25) is 9.78 Å². The van der Waals surface area contributed by atoms with E-state index in [4.69, 9.17) is 17.0 Å². The molecule has 0 unspecified atom stereocenters. The van der Waals surface area contributed by atoms with E-state index in [1.54, 1.807) is 18.3 Å². The summed E-state index contributed by atoms with van der Waals surface area (Å²) >= 11 is 5.67. The molecule has 1 saturated heterocycles. The zero-order valence-corrected chi connectivity index (χ0v) is 17.9. The first-order valence-electron chi connectivity index (χ1n) is 10.1. The Bertz CT molecular complexity index is 1050. The molecule has 0 spiro atoms. The quantitative estimate of drug-likeness (QED) is 0.446. The predicted octanol–water partition coefficient (Wildman–Crippen LogP) is 3.94. The lowest BCUT2D eigenvalue weighted by Crippen LogP contribution is -2.31. The SMILES string of the molecule is COC(=O)CCCN1C(=S)N[C@@H](c2ccccn2)[C@@H]1c1cccn1-c1ccc(F)cc1. The number of benzene rings is 1. The average Bonchev–Trinajstić information content (AvgIpc) is 3.39. The topological polar surface area (TPSA) is 59.4 Å². The number of rotatable bonds is 7. The molecule has 2 atom stereocenters. The zero-order chi connectivity index (χ0) is 21.8. The van der Waals surface area contributed by atoms with Crippen LogP contribution in [0, 0.1) is 5.82 Å². The summed E-state index contributed by atoms with van der Waals surface area (Å²) in [6, 6.07) is 15.9. The van der Waals surface area contributed by atoms with Crippen molar-refractivity contribution in [1.82, 2.24) is 19.8 Å². The van der Waals surface area contributed by atoms with Crippen molar-refractivity contribution in [2.24, 2.45) is 0 Å². The average molecular weight is 439 g/mol. The summed E-state index contributed by atoms with van der Waals surface area (Å²) in [6.45, 7) is 0.587. The molecule has 0 bridgehead atoms. The first kappa shape index (κ1) is 21.0. The first-order chi connectivity index (χ1) is 15.1. The van der Waals surface area contributed by atoms with Gasteiger partial charge in [0.15, 0.2) is 5.11 Å². The van der Waals surface area contributed by atoms with Gasteiger partial charge in [0.2, 0.25) is 0 Å². The molecule has 4 rings (SSSR count). The van der Waals surface area contributed by atoms with E-state index < -0.39 is 0 Å². The smallest absolute Gasteiger partial charge is 0.305 e. The van der Waals surface area contributed by atoms with Gasteiger partial charge < -0.3 is 19.5 Å². The van der Waals surface area contributed by atoms with E-state index >= 15 is 0 Å². The third-order valence-corrected chi connectivity index (χ3v) is 5.75. The van der Waals surface area contributed by atoms with E-state index in [0.29, 0.717) is 24.5 Å². The number of carbonyl (C=O) groups excluding carboxylic acids is 1. The minimum absolute atomic E-state index is 0.153. The van der Waals surface area contributed by atoms with Crippen molar-refractivity contribution in [3.63, 3.8) is 0 Å². The van der Waals surface area contributed by atoms with Gasteiger partial charge in [-0.05, 0) is 67.2 Å². The molecule has 1 fully saturated rings. The molecule has 1 N–H and O–H groups in total. The van der Waals surface area contributed by atoms with E-state index in [1.807, 2.05) is 41.1 Å². The summed E-state index contributed by atoms with van der Waals surface area (Å²) in [7, 11) is 1.39. The summed E-state index contributed by atoms with van der Waals surface area (Å²) in [4.78, 5) is 18.2. The largest absolute Gasteiger partial charge is 0.469 e. The minimum Gasteiger partial charge on any atom is -0.469 e. The van der Waals surface area contributed by atoms with Crippen LogP contribution >= 0.6 is 12.2 Å². The summed E-state index contributed by atoms with van der Waals surface area (Å²) in [5.74, 6) is -0.525. The first-order valence-corrected chi connectivity index (χ1v) is 10.5. The van der Waals surface area contributed by atoms with Gasteiger partial charge in [-0.15, -0.1) is 0 Å². The number of nitrogens with one attached hydrogen (secondary N) is 1. The molecule has 31 heavy (non-hydrogen) atoms. The highest BCUT2D eigenvalue weighted by atomic mass is 32.1. The van der Waals surface area contributed by atoms with Gasteiger partial charge in [-0.2, -0.15) is 0 Å². The molecule has 0 saturated carbocycles. The van der Waals surface area contributed by atoms with E-state index in [1.165, 1.54) is 19.2 Å². The van der Waals surface area contributed by atoms with Crippen LogP contribution < -0.4 is 5.32 Å². The summed E-state index contributed by atoms with van der Waals surface area (Å²) < 4.78 is 20.3. The van der Waals surface area contributed by atoms with Crippen molar-refractivity contribution in [3.8, 4) is 5.69 Å². The third-order valence-electron chi connectivity index (χ3n) is 5.39. The molecule has 6 nitrogen and oxygen atoms in total. The maximum atomic E-state index is 13.5. The molecule has 1 aromatic carbocycles. The Morgan fingerprint density at radius 1 is 1.19 bits per heavy atom. The number of halogens is 1. The van der Waals surface area contributed by atoms with Crippen LogP contribution in [-0.2, 0) is 9.53 Å². The number of pyridine rings is 1. The molecule has 0 radical (unpaired) electrons. The van der Waals surface area contributed by atoms with E-state index in [-0.39, 0.29) is 23.9 Å². The minimum atomic E-state index is -0.281. The van der Waals surface area contributed by atoms with Crippen LogP contribution in [0.25, 0.3) is 5.69 Å². The molecule has 160 valence electrons. The number of nitrogens with zero attached hydrogens (tertiary/aromatic N) is 3. The van der Waals surface area contributed by atoms with Crippen LogP contribution in [0.15, 0.2) is 67.0 Å². The molecular weight excluding hydrogens is 415 g/mol. The Balaban J connectivity index is 1.70. The Kier molecular flexibility index (Phi) is 6.27. The lowest BCUT2D eigenvalue weighted by atomic mass is 10.0. The summed E-state index contributed by atoms with van der Waals surface area (Å²) in [6.07, 6.45) is 4.63. The van der Waals surface area contributed by atoms with Crippen molar-refractivity contribution < 1.29 is 13.9 Å². The fourth-order valence-corrected chi connectivity index (χ4v) is 4.27. The second-order valence-electron chi connectivity index (χ2n) is 7.28. The number of hydrogen-bond donors (Lipinski definition) is 1. The van der Waals surface area contributed by atoms with Crippen LogP contribution in [0.2, 0.25) is 0 Å². The van der Waals surface area contributed by atoms with Gasteiger partial charge >= 0.3 is 5.97 Å². The van der Waals surface area contributed by atoms with Crippen molar-refractivity contribution >= 4 is 23.3 Å². The van der Waals surface area contributed by atoms with E-state index in [0.717, 1.165) is 17.1 Å². The van der Waals surface area contributed by atoms with Gasteiger partial charge in [-0.1, -0.05) is 6.07 Å². The number of esters is 1. The fourth-order valence-electron chi connectivity index (χ4n) is 3.94. The van der Waals surface area contributed by atoms with Crippen molar-refractivity contribution in [3.05, 3.63) is 84.2 Å². The Labute approximate surface area is 185 Å². The Morgan fingerprint density at radius 3 is 2.71 bits per heavy atom. The molecule has 3 heterocycles. The van der Waals surface area contributed by atoms with Crippen molar-refractivity contribution in [1.29, 1.82) is 0 Å². The highest BCUT2D eigenvalue weighted by molar-refractivity contribution is 7.80. The fraction of sp³-hybridized carbons (Fsp3) is 0.261. The molecule has 1 aliphatic heterocycles. The van der Waals surface area contributed by atoms with E-state index in [9.17, 15) is 9.18 Å². The Morgan fingerprint density at radius 2 is 2.00 bits per heavy atom.